The summed E-state index contributed by atoms with van der Waals surface area (Å²) < 4.78 is 9.89. The maximum atomic E-state index is 11.4. The number of nitrogens with one attached hydrogen (secondary N) is 1. The lowest BCUT2D eigenvalue weighted by Crippen LogP contribution is -2.46. The number of hydrogen-bond donors (Lipinski definition) is 2. The quantitative estimate of drug-likeness (QED) is 0.475. The molecule has 0 aliphatic rings. The highest BCUT2D eigenvalue weighted by Gasteiger charge is 2.32. The molecule has 0 radical (unpaired) electrons. The maximum absolute atomic E-state index is 11.4. The standard InChI is InChI=1S/C10H19NO5/c1-10(2,3)16-8(9(14)15-4)7(13)5-11-6-12/h6-8,13H,5H2,1-4H3,(H,11,12). The van der Waals surface area contributed by atoms with E-state index in [0.29, 0.717) is 6.41 Å². The fourth-order valence-electron chi connectivity index (χ4n) is 1.06. The molecule has 0 spiro atoms. The molecule has 0 aromatic heterocycles. The summed E-state index contributed by atoms with van der Waals surface area (Å²) in [6, 6.07) is 0. The zero-order valence-corrected chi connectivity index (χ0v) is 10.0. The van der Waals surface area contributed by atoms with Gasteiger partial charge in [-0.3, -0.25) is 4.79 Å². The van der Waals surface area contributed by atoms with Gasteiger partial charge in [-0.2, -0.15) is 0 Å². The summed E-state index contributed by atoms with van der Waals surface area (Å²) in [5, 5.41) is 11.9. The smallest absolute Gasteiger partial charge is 0.337 e. The van der Waals surface area contributed by atoms with Gasteiger partial charge in [0.1, 0.15) is 6.10 Å². The lowest BCUT2D eigenvalue weighted by Gasteiger charge is -2.28. The molecule has 0 bridgehead atoms. The molecule has 0 aliphatic heterocycles. The molecule has 0 saturated heterocycles. The number of aliphatic hydroxyl groups is 1. The molecule has 1 amide bonds. The second-order valence-electron chi connectivity index (χ2n) is 4.27. The molecule has 0 aromatic rings. The van der Waals surface area contributed by atoms with E-state index in [1.807, 2.05) is 0 Å². The van der Waals surface area contributed by atoms with Crippen molar-refractivity contribution < 1.29 is 24.2 Å². The second kappa shape index (κ2) is 6.44. The van der Waals surface area contributed by atoms with Gasteiger partial charge in [-0.25, -0.2) is 4.79 Å². The Kier molecular flexibility index (Phi) is 5.98. The minimum Gasteiger partial charge on any atom is -0.467 e. The number of hydrogen-bond acceptors (Lipinski definition) is 5. The summed E-state index contributed by atoms with van der Waals surface area (Å²) in [6.07, 6.45) is -1.82. The number of methoxy groups -OCH3 is 1. The fourth-order valence-corrected chi connectivity index (χ4v) is 1.06. The first kappa shape index (κ1) is 14.9. The Morgan fingerprint density at radius 1 is 1.50 bits per heavy atom. The Hall–Kier alpha value is -1.14. The van der Waals surface area contributed by atoms with Crippen LogP contribution in [0.5, 0.6) is 0 Å². The first-order chi connectivity index (χ1) is 7.31. The van der Waals surface area contributed by atoms with Crippen LogP contribution in [0.25, 0.3) is 0 Å². The molecule has 0 fully saturated rings. The molecule has 0 aliphatic carbocycles. The zero-order valence-electron chi connectivity index (χ0n) is 10.0. The van der Waals surface area contributed by atoms with Crippen LogP contribution in [-0.4, -0.2) is 48.9 Å². The molecule has 0 heterocycles. The van der Waals surface area contributed by atoms with Gasteiger partial charge in [0, 0.05) is 6.54 Å². The molecular formula is C10H19NO5. The molecule has 0 saturated carbocycles. The Morgan fingerprint density at radius 2 is 2.06 bits per heavy atom. The van der Waals surface area contributed by atoms with E-state index in [1.54, 1.807) is 20.8 Å². The molecule has 2 unspecified atom stereocenters. The van der Waals surface area contributed by atoms with Crippen LogP contribution in [0.2, 0.25) is 0 Å². The van der Waals surface area contributed by atoms with Crippen molar-refractivity contribution in [1.29, 1.82) is 0 Å². The SMILES string of the molecule is COC(=O)C(OC(C)(C)C)C(O)CNC=O. The third kappa shape index (κ3) is 5.67. The summed E-state index contributed by atoms with van der Waals surface area (Å²) >= 11 is 0. The predicted molar refractivity (Wildman–Crippen MR) is 56.7 cm³/mol. The van der Waals surface area contributed by atoms with Crippen molar-refractivity contribution in [1.82, 2.24) is 5.32 Å². The fraction of sp³-hybridized carbons (Fsp3) is 0.800. The number of rotatable bonds is 6. The summed E-state index contributed by atoms with van der Waals surface area (Å²) in [6.45, 7) is 5.19. The lowest BCUT2D eigenvalue weighted by molar-refractivity contribution is -0.175. The van der Waals surface area contributed by atoms with Gasteiger partial charge in [-0.05, 0) is 20.8 Å². The molecule has 2 N–H and O–H groups in total. The third-order valence-electron chi connectivity index (χ3n) is 1.67. The van der Waals surface area contributed by atoms with Gasteiger partial charge in [0.05, 0.1) is 12.7 Å². The van der Waals surface area contributed by atoms with Crippen LogP contribution >= 0.6 is 0 Å². The van der Waals surface area contributed by atoms with Crippen molar-refractivity contribution in [2.45, 2.75) is 38.6 Å². The van der Waals surface area contributed by atoms with Crippen molar-refractivity contribution in [2.24, 2.45) is 0 Å². The van der Waals surface area contributed by atoms with Gasteiger partial charge in [0.25, 0.3) is 0 Å². The predicted octanol–water partition coefficient (Wildman–Crippen LogP) is -0.550. The highest BCUT2D eigenvalue weighted by molar-refractivity contribution is 5.75. The highest BCUT2D eigenvalue weighted by atomic mass is 16.6. The Bertz CT molecular complexity index is 236. The molecule has 6 heteroatoms. The Balaban J connectivity index is 4.53. The molecule has 0 aromatic carbocycles. The van der Waals surface area contributed by atoms with E-state index in [2.05, 4.69) is 10.1 Å². The van der Waals surface area contributed by atoms with Crippen LogP contribution in [0.3, 0.4) is 0 Å². The van der Waals surface area contributed by atoms with Gasteiger partial charge in [0.2, 0.25) is 6.41 Å². The van der Waals surface area contributed by atoms with E-state index >= 15 is 0 Å². The Morgan fingerprint density at radius 3 is 2.44 bits per heavy atom. The van der Waals surface area contributed by atoms with Crippen molar-refractivity contribution in [3.05, 3.63) is 0 Å². The monoisotopic (exact) mass is 233 g/mol. The number of esters is 1. The minimum atomic E-state index is -1.14. The largest absolute Gasteiger partial charge is 0.467 e. The van der Waals surface area contributed by atoms with Crippen LogP contribution in [0.4, 0.5) is 0 Å². The van der Waals surface area contributed by atoms with Crippen LogP contribution < -0.4 is 5.32 Å². The van der Waals surface area contributed by atoms with Gasteiger partial charge in [-0.15, -0.1) is 0 Å². The molecule has 6 nitrogen and oxygen atoms in total. The van der Waals surface area contributed by atoms with Gasteiger partial charge in [0.15, 0.2) is 6.10 Å². The van der Waals surface area contributed by atoms with Crippen molar-refractivity contribution in [3.8, 4) is 0 Å². The Labute approximate surface area is 94.9 Å². The van der Waals surface area contributed by atoms with Gasteiger partial charge < -0.3 is 19.9 Å². The van der Waals surface area contributed by atoms with E-state index in [0.717, 1.165) is 0 Å². The third-order valence-corrected chi connectivity index (χ3v) is 1.67. The molecule has 0 rings (SSSR count). The molecule has 2 atom stereocenters. The number of ether oxygens (including phenoxy) is 2. The first-order valence-corrected chi connectivity index (χ1v) is 4.92. The lowest BCUT2D eigenvalue weighted by atomic mass is 10.1. The number of carbonyl (C=O) groups is 2. The minimum absolute atomic E-state index is 0.0701. The maximum Gasteiger partial charge on any atom is 0.337 e. The highest BCUT2D eigenvalue weighted by Crippen LogP contribution is 2.14. The van der Waals surface area contributed by atoms with Gasteiger partial charge in [-0.1, -0.05) is 0 Å². The van der Waals surface area contributed by atoms with E-state index in [9.17, 15) is 14.7 Å². The van der Waals surface area contributed by atoms with Crippen LogP contribution in [0.1, 0.15) is 20.8 Å². The molecule has 94 valence electrons. The number of amides is 1. The number of aliphatic hydroxyl groups excluding tert-OH is 1. The average Bonchev–Trinajstić information content (AvgIpc) is 2.20. The van der Waals surface area contributed by atoms with Crippen LogP contribution in [-0.2, 0) is 19.1 Å². The first-order valence-electron chi connectivity index (χ1n) is 4.92. The van der Waals surface area contributed by atoms with Crippen molar-refractivity contribution in [2.75, 3.05) is 13.7 Å². The average molecular weight is 233 g/mol. The summed E-state index contributed by atoms with van der Waals surface area (Å²) in [5.41, 5.74) is -0.596. The zero-order chi connectivity index (χ0) is 12.8. The van der Waals surface area contributed by atoms with E-state index < -0.39 is 23.8 Å². The molecular weight excluding hydrogens is 214 g/mol. The molecule has 16 heavy (non-hydrogen) atoms. The van der Waals surface area contributed by atoms with E-state index in [-0.39, 0.29) is 6.54 Å². The van der Waals surface area contributed by atoms with Crippen molar-refractivity contribution in [3.63, 3.8) is 0 Å². The van der Waals surface area contributed by atoms with Crippen LogP contribution in [0.15, 0.2) is 0 Å². The van der Waals surface area contributed by atoms with E-state index in [1.165, 1.54) is 7.11 Å². The van der Waals surface area contributed by atoms with Crippen molar-refractivity contribution >= 4 is 12.4 Å². The summed E-state index contributed by atoms with van der Waals surface area (Å²) in [4.78, 5) is 21.4. The topological polar surface area (TPSA) is 84.9 Å². The summed E-state index contributed by atoms with van der Waals surface area (Å²) in [7, 11) is 1.21. The summed E-state index contributed by atoms with van der Waals surface area (Å²) in [5.74, 6) is -0.671. The van der Waals surface area contributed by atoms with Gasteiger partial charge >= 0.3 is 5.97 Å². The number of carbonyl (C=O) groups excluding carboxylic acids is 2. The second-order valence-corrected chi connectivity index (χ2v) is 4.27. The normalized spacial score (nSPS) is 15.1. The van der Waals surface area contributed by atoms with E-state index in [4.69, 9.17) is 4.74 Å². The van der Waals surface area contributed by atoms with Crippen LogP contribution in [0, 0.1) is 0 Å².